The number of amides is 1. The van der Waals surface area contributed by atoms with E-state index < -0.39 is 17.6 Å². The maximum Gasteiger partial charge on any atom is 0.416 e. The molecule has 0 saturated carbocycles. The molecular formula is C19H19F4N5O. The third-order valence-electron chi connectivity index (χ3n) is 4.33. The Hall–Kier alpha value is -3.01. The van der Waals surface area contributed by atoms with E-state index in [1.165, 1.54) is 6.33 Å². The van der Waals surface area contributed by atoms with Crippen molar-refractivity contribution in [2.45, 2.75) is 19.0 Å². The minimum absolute atomic E-state index is 0.000939. The molecule has 0 saturated heterocycles. The van der Waals surface area contributed by atoms with Crippen molar-refractivity contribution in [2.75, 3.05) is 25.5 Å². The Morgan fingerprint density at radius 3 is 2.69 bits per heavy atom. The lowest BCUT2D eigenvalue weighted by Gasteiger charge is -2.21. The molecule has 0 unspecified atom stereocenters. The largest absolute Gasteiger partial charge is 0.416 e. The molecule has 154 valence electrons. The van der Waals surface area contributed by atoms with E-state index in [9.17, 15) is 22.4 Å². The number of hydrogen-bond donors (Lipinski definition) is 3. The minimum atomic E-state index is -4.63. The summed E-state index contributed by atoms with van der Waals surface area (Å²) in [5.74, 6) is -0.736. The lowest BCUT2D eigenvalue weighted by molar-refractivity contribution is -0.137. The van der Waals surface area contributed by atoms with Crippen LogP contribution in [0.3, 0.4) is 0 Å². The Kier molecular flexibility index (Phi) is 6.12. The Morgan fingerprint density at radius 1 is 1.17 bits per heavy atom. The first-order chi connectivity index (χ1) is 13.8. The second-order valence-corrected chi connectivity index (χ2v) is 6.54. The first kappa shape index (κ1) is 20.7. The second-order valence-electron chi connectivity index (χ2n) is 6.54. The van der Waals surface area contributed by atoms with E-state index in [1.807, 2.05) is 0 Å². The van der Waals surface area contributed by atoms with Crippen molar-refractivity contribution >= 4 is 11.7 Å². The molecule has 0 aliphatic carbocycles. The van der Waals surface area contributed by atoms with Gasteiger partial charge in [-0.05, 0) is 30.8 Å². The molecule has 0 bridgehead atoms. The van der Waals surface area contributed by atoms with Crippen molar-refractivity contribution in [3.8, 4) is 0 Å². The standard InChI is InChI=1S/C19H19F4N5O/c1-24-9-15-16(2-3-25-18(15)29)28-17-8-14(26-10-27-17)6-11-4-12(19(21,22)23)7-13(20)5-11/h4-5,7-8,10,24H,2-3,6,9H2,1H3,(H,25,29)(H,26,27,28). The van der Waals surface area contributed by atoms with Gasteiger partial charge < -0.3 is 16.0 Å². The third-order valence-corrected chi connectivity index (χ3v) is 4.33. The molecule has 0 spiro atoms. The van der Waals surface area contributed by atoms with Gasteiger partial charge in [-0.2, -0.15) is 13.2 Å². The number of carbonyl (C=O) groups excluding carboxylic acids is 1. The SMILES string of the molecule is CNCC1=C(Nc2cc(Cc3cc(F)cc(C(F)(F)F)c3)ncn2)CCNC1=O. The maximum absolute atomic E-state index is 13.6. The molecule has 1 aromatic carbocycles. The van der Waals surface area contributed by atoms with Crippen molar-refractivity contribution in [2.24, 2.45) is 0 Å². The number of aromatic nitrogens is 2. The summed E-state index contributed by atoms with van der Waals surface area (Å²) >= 11 is 0. The van der Waals surface area contributed by atoms with Crippen LogP contribution in [-0.4, -0.2) is 36.0 Å². The summed E-state index contributed by atoms with van der Waals surface area (Å²) in [4.78, 5) is 20.2. The quantitative estimate of drug-likeness (QED) is 0.640. The smallest absolute Gasteiger partial charge is 0.352 e. The zero-order valence-corrected chi connectivity index (χ0v) is 15.5. The van der Waals surface area contributed by atoms with Crippen LogP contribution in [0, 0.1) is 5.82 Å². The van der Waals surface area contributed by atoms with Crippen LogP contribution in [0.1, 0.15) is 23.2 Å². The first-order valence-electron chi connectivity index (χ1n) is 8.85. The number of carbonyl (C=O) groups is 1. The monoisotopic (exact) mass is 409 g/mol. The highest BCUT2D eigenvalue weighted by Gasteiger charge is 2.31. The van der Waals surface area contributed by atoms with E-state index in [0.29, 0.717) is 48.4 Å². The molecule has 0 fully saturated rings. The molecule has 3 N–H and O–H groups in total. The summed E-state index contributed by atoms with van der Waals surface area (Å²) in [7, 11) is 1.73. The van der Waals surface area contributed by atoms with Gasteiger partial charge in [0.05, 0.1) is 11.3 Å². The summed E-state index contributed by atoms with van der Waals surface area (Å²) in [6.45, 7) is 0.853. The molecule has 2 aromatic rings. The van der Waals surface area contributed by atoms with Gasteiger partial charge in [0.15, 0.2) is 0 Å². The molecule has 1 aliphatic rings. The van der Waals surface area contributed by atoms with Crippen LogP contribution in [-0.2, 0) is 17.4 Å². The van der Waals surface area contributed by atoms with E-state index >= 15 is 0 Å². The summed E-state index contributed by atoms with van der Waals surface area (Å²) in [6, 6.07) is 3.97. The third kappa shape index (κ3) is 5.29. The van der Waals surface area contributed by atoms with Crippen LogP contribution in [0.2, 0.25) is 0 Å². The molecule has 10 heteroatoms. The molecule has 3 rings (SSSR count). The summed E-state index contributed by atoms with van der Waals surface area (Å²) < 4.78 is 52.3. The predicted molar refractivity (Wildman–Crippen MR) is 98.4 cm³/mol. The molecule has 1 amide bonds. The van der Waals surface area contributed by atoms with Gasteiger partial charge in [0, 0.05) is 43.3 Å². The average Bonchev–Trinajstić information content (AvgIpc) is 2.64. The van der Waals surface area contributed by atoms with E-state index in [-0.39, 0.29) is 17.9 Å². The van der Waals surface area contributed by atoms with E-state index in [2.05, 4.69) is 25.9 Å². The summed E-state index contributed by atoms with van der Waals surface area (Å²) in [6.07, 6.45) is -2.78. The molecule has 1 aliphatic heterocycles. The highest BCUT2D eigenvalue weighted by atomic mass is 19.4. The Labute approximate surface area is 164 Å². The molecule has 0 radical (unpaired) electrons. The van der Waals surface area contributed by atoms with Crippen LogP contribution < -0.4 is 16.0 Å². The van der Waals surface area contributed by atoms with Crippen molar-refractivity contribution < 1.29 is 22.4 Å². The summed E-state index contributed by atoms with van der Waals surface area (Å²) in [5, 5.41) is 8.79. The fourth-order valence-electron chi connectivity index (χ4n) is 3.04. The molecule has 0 atom stereocenters. The fourth-order valence-corrected chi connectivity index (χ4v) is 3.04. The Balaban J connectivity index is 1.83. The lowest BCUT2D eigenvalue weighted by Crippen LogP contribution is -2.37. The Bertz CT molecular complexity index is 942. The molecule has 6 nitrogen and oxygen atoms in total. The highest BCUT2D eigenvalue weighted by molar-refractivity contribution is 5.96. The first-order valence-corrected chi connectivity index (χ1v) is 8.85. The van der Waals surface area contributed by atoms with Crippen LogP contribution in [0.15, 0.2) is 41.9 Å². The van der Waals surface area contributed by atoms with Gasteiger partial charge in [-0.1, -0.05) is 0 Å². The minimum Gasteiger partial charge on any atom is -0.352 e. The summed E-state index contributed by atoms with van der Waals surface area (Å²) in [5.41, 5.74) is 0.776. The lowest BCUT2D eigenvalue weighted by atomic mass is 10.0. The molecule has 1 aromatic heterocycles. The van der Waals surface area contributed by atoms with Gasteiger partial charge in [0.2, 0.25) is 5.91 Å². The topological polar surface area (TPSA) is 78.9 Å². The zero-order chi connectivity index (χ0) is 21.0. The number of nitrogens with one attached hydrogen (secondary N) is 3. The second kappa shape index (κ2) is 8.56. The number of alkyl halides is 3. The van der Waals surface area contributed by atoms with E-state index in [1.54, 1.807) is 13.1 Å². The maximum atomic E-state index is 13.6. The number of likely N-dealkylation sites (N-methyl/N-ethyl adjacent to an activating group) is 1. The number of hydrogen-bond acceptors (Lipinski definition) is 5. The number of benzene rings is 1. The number of rotatable bonds is 6. The molecular weight excluding hydrogens is 390 g/mol. The van der Waals surface area contributed by atoms with E-state index in [0.717, 1.165) is 12.1 Å². The van der Waals surface area contributed by atoms with Crippen LogP contribution in [0.5, 0.6) is 0 Å². The van der Waals surface area contributed by atoms with Crippen molar-refractivity contribution in [3.05, 3.63) is 64.5 Å². The van der Waals surface area contributed by atoms with Gasteiger partial charge in [-0.25, -0.2) is 14.4 Å². The van der Waals surface area contributed by atoms with Crippen LogP contribution >= 0.6 is 0 Å². The average molecular weight is 409 g/mol. The van der Waals surface area contributed by atoms with Crippen molar-refractivity contribution in [1.29, 1.82) is 0 Å². The molecule has 2 heterocycles. The van der Waals surface area contributed by atoms with E-state index in [4.69, 9.17) is 0 Å². The van der Waals surface area contributed by atoms with Gasteiger partial charge in [0.1, 0.15) is 18.0 Å². The normalized spacial score (nSPS) is 14.7. The van der Waals surface area contributed by atoms with Crippen molar-refractivity contribution in [3.63, 3.8) is 0 Å². The van der Waals surface area contributed by atoms with Crippen LogP contribution in [0.25, 0.3) is 0 Å². The Morgan fingerprint density at radius 2 is 1.97 bits per heavy atom. The van der Waals surface area contributed by atoms with Gasteiger partial charge in [-0.3, -0.25) is 4.79 Å². The molecule has 29 heavy (non-hydrogen) atoms. The zero-order valence-electron chi connectivity index (χ0n) is 15.5. The number of halogens is 4. The van der Waals surface area contributed by atoms with Gasteiger partial charge in [-0.15, -0.1) is 0 Å². The van der Waals surface area contributed by atoms with Crippen LogP contribution in [0.4, 0.5) is 23.4 Å². The fraction of sp³-hybridized carbons (Fsp3) is 0.316. The van der Waals surface area contributed by atoms with Gasteiger partial charge >= 0.3 is 6.18 Å². The highest BCUT2D eigenvalue weighted by Crippen LogP contribution is 2.31. The van der Waals surface area contributed by atoms with Gasteiger partial charge in [0.25, 0.3) is 0 Å². The predicted octanol–water partition coefficient (Wildman–Crippen LogP) is 2.63. The number of anilines is 1. The number of nitrogens with zero attached hydrogens (tertiary/aromatic N) is 2. The van der Waals surface area contributed by atoms with Crippen molar-refractivity contribution in [1.82, 2.24) is 20.6 Å².